The number of thioether (sulfide) groups is 1. The Morgan fingerprint density at radius 1 is 1.07 bits per heavy atom. The van der Waals surface area contributed by atoms with Crippen molar-refractivity contribution in [1.29, 1.82) is 0 Å². The predicted octanol–water partition coefficient (Wildman–Crippen LogP) is 5.25. The van der Waals surface area contributed by atoms with Crippen LogP contribution in [0.3, 0.4) is 0 Å². The van der Waals surface area contributed by atoms with E-state index in [2.05, 4.69) is 26.6 Å². The van der Waals surface area contributed by atoms with Gasteiger partial charge in [-0.3, -0.25) is 10.1 Å². The molecule has 0 aliphatic rings. The zero-order chi connectivity index (χ0) is 18.6. The van der Waals surface area contributed by atoms with Gasteiger partial charge in [-0.05, 0) is 30.2 Å². The first-order valence-corrected chi connectivity index (χ1v) is 11.0. The predicted molar refractivity (Wildman–Crippen MR) is 113 cm³/mol. The van der Waals surface area contributed by atoms with Gasteiger partial charge in [0.1, 0.15) is 5.01 Å². The molecule has 0 saturated heterocycles. The van der Waals surface area contributed by atoms with Crippen molar-refractivity contribution in [3.8, 4) is 0 Å². The summed E-state index contributed by atoms with van der Waals surface area (Å²) in [7, 11) is 0. The lowest BCUT2D eigenvalue weighted by Crippen LogP contribution is -2.13. The Balaban J connectivity index is 1.49. The molecule has 136 valence electrons. The van der Waals surface area contributed by atoms with Crippen LogP contribution in [0.15, 0.2) is 52.9 Å². The van der Waals surface area contributed by atoms with E-state index in [4.69, 9.17) is 0 Å². The fraction of sp³-hybridized carbons (Fsp3) is 0.158. The van der Waals surface area contributed by atoms with E-state index in [0.717, 1.165) is 26.8 Å². The molecular formula is C19H16N4OS3. The van der Waals surface area contributed by atoms with E-state index in [-0.39, 0.29) is 5.91 Å². The molecule has 0 unspecified atom stereocenters. The summed E-state index contributed by atoms with van der Waals surface area (Å²) in [6.45, 7) is 2.01. The molecule has 2 aromatic heterocycles. The van der Waals surface area contributed by atoms with Gasteiger partial charge >= 0.3 is 0 Å². The van der Waals surface area contributed by atoms with Crippen LogP contribution in [-0.4, -0.2) is 21.1 Å². The lowest BCUT2D eigenvalue weighted by atomic mass is 10.1. The van der Waals surface area contributed by atoms with Gasteiger partial charge in [-0.25, -0.2) is 4.98 Å². The summed E-state index contributed by atoms with van der Waals surface area (Å²) >= 11 is 4.73. The number of rotatable bonds is 6. The minimum atomic E-state index is -0.158. The molecule has 2 aromatic carbocycles. The van der Waals surface area contributed by atoms with Crippen LogP contribution in [0.1, 0.15) is 27.9 Å². The highest BCUT2D eigenvalue weighted by Crippen LogP contribution is 2.32. The lowest BCUT2D eigenvalue weighted by molar-refractivity contribution is 0.102. The van der Waals surface area contributed by atoms with Crippen molar-refractivity contribution in [1.82, 2.24) is 15.2 Å². The Labute approximate surface area is 168 Å². The van der Waals surface area contributed by atoms with E-state index in [1.165, 1.54) is 16.0 Å². The fourth-order valence-corrected chi connectivity index (χ4v) is 5.28. The number of fused-ring (bicyclic) bond motifs is 1. The molecule has 1 amide bonds. The molecule has 8 heteroatoms. The maximum absolute atomic E-state index is 12.7. The van der Waals surface area contributed by atoms with E-state index in [1.54, 1.807) is 23.1 Å². The third-order valence-electron chi connectivity index (χ3n) is 3.88. The van der Waals surface area contributed by atoms with Crippen LogP contribution in [0.25, 0.3) is 10.2 Å². The second-order valence-electron chi connectivity index (χ2n) is 5.70. The fourth-order valence-electron chi connectivity index (χ4n) is 2.53. The molecule has 5 nitrogen and oxygen atoms in total. The normalized spacial score (nSPS) is 11.0. The summed E-state index contributed by atoms with van der Waals surface area (Å²) in [6, 6.07) is 15.7. The highest BCUT2D eigenvalue weighted by Gasteiger charge is 2.14. The van der Waals surface area contributed by atoms with Crippen LogP contribution in [0.2, 0.25) is 0 Å². The Bertz CT molecular complexity index is 1060. The molecule has 0 aliphatic heterocycles. The summed E-state index contributed by atoms with van der Waals surface area (Å²) in [6.07, 6.45) is 0.808. The average molecular weight is 413 g/mol. The van der Waals surface area contributed by atoms with Crippen molar-refractivity contribution in [3.05, 3.63) is 64.7 Å². The number of anilines is 1. The molecule has 0 aliphatic carbocycles. The van der Waals surface area contributed by atoms with Gasteiger partial charge in [0.05, 0.1) is 10.2 Å². The monoisotopic (exact) mass is 412 g/mol. The molecule has 0 spiro atoms. The molecule has 27 heavy (non-hydrogen) atoms. The zero-order valence-corrected chi connectivity index (χ0v) is 17.0. The number of nitrogens with one attached hydrogen (secondary N) is 1. The van der Waals surface area contributed by atoms with Crippen molar-refractivity contribution in [2.45, 2.75) is 23.4 Å². The molecule has 0 radical (unpaired) electrons. The average Bonchev–Trinajstić information content (AvgIpc) is 3.32. The Kier molecular flexibility index (Phi) is 5.47. The number of carbonyl (C=O) groups excluding carboxylic acids is 1. The van der Waals surface area contributed by atoms with Gasteiger partial charge in [-0.2, -0.15) is 0 Å². The van der Waals surface area contributed by atoms with Gasteiger partial charge in [-0.1, -0.05) is 60.4 Å². The van der Waals surface area contributed by atoms with Gasteiger partial charge in [0.15, 0.2) is 4.34 Å². The third kappa shape index (κ3) is 4.18. The van der Waals surface area contributed by atoms with Crippen LogP contribution < -0.4 is 5.32 Å². The van der Waals surface area contributed by atoms with Crippen LogP contribution >= 0.6 is 34.4 Å². The second kappa shape index (κ2) is 8.16. The van der Waals surface area contributed by atoms with Crippen molar-refractivity contribution in [2.24, 2.45) is 0 Å². The van der Waals surface area contributed by atoms with Crippen molar-refractivity contribution in [2.75, 3.05) is 5.32 Å². The van der Waals surface area contributed by atoms with Gasteiger partial charge in [0.25, 0.3) is 5.91 Å². The van der Waals surface area contributed by atoms with E-state index < -0.39 is 0 Å². The molecule has 1 N–H and O–H groups in total. The quantitative estimate of drug-likeness (QED) is 0.438. The van der Waals surface area contributed by atoms with E-state index in [1.807, 2.05) is 49.4 Å². The van der Waals surface area contributed by atoms with Gasteiger partial charge in [0, 0.05) is 11.3 Å². The number of benzene rings is 2. The Morgan fingerprint density at radius 3 is 2.70 bits per heavy atom. The van der Waals surface area contributed by atoms with Gasteiger partial charge in [-0.15, -0.1) is 21.5 Å². The standard InChI is InChI=1S/C19H16N4OS3/c1-2-16-22-23-18(27-16)21-17(24)13-8-4-3-7-12(13)11-25-19-20-14-9-5-6-10-15(14)26-19/h3-10H,2,11H2,1H3,(H,21,23,24). The van der Waals surface area contributed by atoms with Crippen LogP contribution in [0, 0.1) is 0 Å². The molecule has 0 fully saturated rings. The summed E-state index contributed by atoms with van der Waals surface area (Å²) in [5.41, 5.74) is 2.64. The van der Waals surface area contributed by atoms with Crippen molar-refractivity contribution < 1.29 is 4.79 Å². The van der Waals surface area contributed by atoms with Crippen LogP contribution in [-0.2, 0) is 12.2 Å². The second-order valence-corrected chi connectivity index (χ2v) is 9.02. The number of aromatic nitrogens is 3. The summed E-state index contributed by atoms with van der Waals surface area (Å²) in [4.78, 5) is 17.3. The first-order valence-electron chi connectivity index (χ1n) is 8.43. The number of para-hydroxylation sites is 1. The lowest BCUT2D eigenvalue weighted by Gasteiger charge is -2.07. The minimum Gasteiger partial charge on any atom is -0.296 e. The first kappa shape index (κ1) is 18.1. The molecule has 4 rings (SSSR count). The number of hydrogen-bond acceptors (Lipinski definition) is 7. The molecule has 4 aromatic rings. The number of amides is 1. The highest BCUT2D eigenvalue weighted by atomic mass is 32.2. The SMILES string of the molecule is CCc1nnc(NC(=O)c2ccccc2CSc2nc3ccccc3s2)s1. The Hall–Kier alpha value is -2.29. The molecule has 0 bridgehead atoms. The largest absolute Gasteiger partial charge is 0.296 e. The topological polar surface area (TPSA) is 67.8 Å². The minimum absolute atomic E-state index is 0.158. The summed E-state index contributed by atoms with van der Waals surface area (Å²) < 4.78 is 2.18. The number of carbonyl (C=O) groups is 1. The summed E-state index contributed by atoms with van der Waals surface area (Å²) in [5, 5.41) is 12.4. The van der Waals surface area contributed by atoms with E-state index in [0.29, 0.717) is 16.4 Å². The van der Waals surface area contributed by atoms with Gasteiger partial charge < -0.3 is 0 Å². The maximum atomic E-state index is 12.7. The van der Waals surface area contributed by atoms with Crippen LogP contribution in [0.5, 0.6) is 0 Å². The number of hydrogen-bond donors (Lipinski definition) is 1. The Morgan fingerprint density at radius 2 is 1.89 bits per heavy atom. The first-order chi connectivity index (χ1) is 13.2. The molecule has 0 saturated carbocycles. The third-order valence-corrected chi connectivity index (χ3v) is 7.09. The highest BCUT2D eigenvalue weighted by molar-refractivity contribution is 8.00. The molecule has 2 heterocycles. The molecular weight excluding hydrogens is 396 g/mol. The molecule has 0 atom stereocenters. The van der Waals surface area contributed by atoms with E-state index >= 15 is 0 Å². The summed E-state index contributed by atoms with van der Waals surface area (Å²) in [5.74, 6) is 0.522. The smallest absolute Gasteiger partial charge is 0.257 e. The zero-order valence-electron chi connectivity index (χ0n) is 14.5. The number of aryl methyl sites for hydroxylation is 1. The number of nitrogens with zero attached hydrogens (tertiary/aromatic N) is 3. The van der Waals surface area contributed by atoms with Crippen molar-refractivity contribution in [3.63, 3.8) is 0 Å². The maximum Gasteiger partial charge on any atom is 0.257 e. The van der Waals surface area contributed by atoms with Gasteiger partial charge in [0.2, 0.25) is 5.13 Å². The van der Waals surface area contributed by atoms with Crippen LogP contribution in [0.4, 0.5) is 5.13 Å². The van der Waals surface area contributed by atoms with E-state index in [9.17, 15) is 4.79 Å². The van der Waals surface area contributed by atoms with Crippen molar-refractivity contribution >= 4 is 55.7 Å². The number of thiazole rings is 1.